The number of aliphatic hydroxyl groups is 4. The molecule has 0 aromatic carbocycles. The van der Waals surface area contributed by atoms with Crippen molar-refractivity contribution in [2.45, 2.75) is 25.4 Å². The highest BCUT2D eigenvalue weighted by molar-refractivity contribution is 4.33. The Kier molecular flexibility index (Phi) is 8.14. The SMILES string of the molecule is OC(O)CCOOOCCC(O)O. The predicted octanol–water partition coefficient (Wildman–Crippen LogP) is -1.73. The van der Waals surface area contributed by atoms with E-state index >= 15 is 0 Å². The maximum Gasteiger partial charge on any atom is 0.153 e. The fourth-order valence-electron chi connectivity index (χ4n) is 0.409. The molecular weight excluding hydrogens is 184 g/mol. The molecule has 0 spiro atoms. The fourth-order valence-corrected chi connectivity index (χ4v) is 0.409. The number of aliphatic hydroxyl groups excluding tert-OH is 2. The van der Waals surface area contributed by atoms with Gasteiger partial charge in [-0.1, -0.05) is 5.04 Å². The lowest BCUT2D eigenvalue weighted by Gasteiger charge is -2.04. The molecule has 0 aliphatic rings. The summed E-state index contributed by atoms with van der Waals surface area (Å²) in [6.45, 7) is -0.0569. The van der Waals surface area contributed by atoms with E-state index in [1.165, 1.54) is 0 Å². The summed E-state index contributed by atoms with van der Waals surface area (Å²) in [4.78, 5) is 8.64. The standard InChI is InChI=1S/C6H14O7/c7-5(8)1-3-11-13-12-4-2-6(9)10/h5-10H,1-4H2. The van der Waals surface area contributed by atoms with E-state index in [0.29, 0.717) is 0 Å². The molecule has 0 aliphatic heterocycles. The van der Waals surface area contributed by atoms with E-state index in [2.05, 4.69) is 14.8 Å². The van der Waals surface area contributed by atoms with Gasteiger partial charge < -0.3 is 20.4 Å². The lowest BCUT2D eigenvalue weighted by molar-refractivity contribution is -0.514. The summed E-state index contributed by atoms with van der Waals surface area (Å²) in [5.41, 5.74) is 0. The van der Waals surface area contributed by atoms with Gasteiger partial charge in [0.25, 0.3) is 0 Å². The molecule has 0 unspecified atom stereocenters. The van der Waals surface area contributed by atoms with Crippen molar-refractivity contribution in [2.24, 2.45) is 0 Å². The molecule has 0 aromatic heterocycles. The predicted molar refractivity (Wildman–Crippen MR) is 38.7 cm³/mol. The van der Waals surface area contributed by atoms with Gasteiger partial charge in [-0.15, -0.1) is 0 Å². The molecule has 0 bridgehead atoms. The highest BCUT2D eigenvalue weighted by Gasteiger charge is 1.99. The molecular formula is C6H14O7. The second-order valence-corrected chi connectivity index (χ2v) is 2.25. The lowest BCUT2D eigenvalue weighted by atomic mass is 10.4. The van der Waals surface area contributed by atoms with Crippen molar-refractivity contribution in [3.63, 3.8) is 0 Å². The van der Waals surface area contributed by atoms with Crippen LogP contribution in [0, 0.1) is 0 Å². The minimum Gasteiger partial charge on any atom is -0.368 e. The van der Waals surface area contributed by atoms with Gasteiger partial charge in [0.05, 0.1) is 13.2 Å². The minimum absolute atomic E-state index is 0.00594. The van der Waals surface area contributed by atoms with Crippen LogP contribution in [0.1, 0.15) is 12.8 Å². The molecule has 7 nitrogen and oxygen atoms in total. The molecule has 0 saturated carbocycles. The van der Waals surface area contributed by atoms with Crippen LogP contribution in [0.5, 0.6) is 0 Å². The van der Waals surface area contributed by atoms with Crippen molar-refractivity contribution >= 4 is 0 Å². The molecule has 0 atom stereocenters. The van der Waals surface area contributed by atoms with Crippen LogP contribution < -0.4 is 0 Å². The van der Waals surface area contributed by atoms with Crippen LogP contribution in [-0.2, 0) is 14.8 Å². The smallest absolute Gasteiger partial charge is 0.153 e. The summed E-state index contributed by atoms with van der Waals surface area (Å²) < 4.78 is 0. The normalized spacial score (nSPS) is 11.5. The molecule has 0 heterocycles. The van der Waals surface area contributed by atoms with Crippen molar-refractivity contribution < 1.29 is 35.2 Å². The zero-order valence-corrected chi connectivity index (χ0v) is 7.00. The summed E-state index contributed by atoms with van der Waals surface area (Å²) in [5.74, 6) is 0. The zero-order chi connectivity index (χ0) is 10.1. The molecule has 0 radical (unpaired) electrons. The van der Waals surface area contributed by atoms with Crippen LogP contribution in [-0.4, -0.2) is 46.2 Å². The summed E-state index contributed by atoms with van der Waals surface area (Å²) in [6, 6.07) is 0. The Bertz CT molecular complexity index is 93.2. The first-order valence-electron chi connectivity index (χ1n) is 3.76. The quantitative estimate of drug-likeness (QED) is 0.159. The molecule has 0 fully saturated rings. The molecule has 0 aliphatic carbocycles. The van der Waals surface area contributed by atoms with Gasteiger partial charge in [-0.25, -0.2) is 9.78 Å². The topological polar surface area (TPSA) is 109 Å². The van der Waals surface area contributed by atoms with Gasteiger partial charge in [-0.05, 0) is 0 Å². The van der Waals surface area contributed by atoms with Gasteiger partial charge in [0.15, 0.2) is 12.6 Å². The summed E-state index contributed by atoms with van der Waals surface area (Å²) in [6.07, 6.45) is -2.87. The Morgan fingerprint density at radius 1 is 0.769 bits per heavy atom. The number of hydrogen-bond donors (Lipinski definition) is 4. The molecule has 80 valence electrons. The summed E-state index contributed by atoms with van der Waals surface area (Å²) in [5, 5.41) is 37.5. The summed E-state index contributed by atoms with van der Waals surface area (Å²) in [7, 11) is 0. The van der Waals surface area contributed by atoms with E-state index < -0.39 is 12.6 Å². The average molecular weight is 198 g/mol. The highest BCUT2D eigenvalue weighted by atomic mass is 17.5. The first kappa shape index (κ1) is 12.7. The molecule has 0 amide bonds. The monoisotopic (exact) mass is 198 g/mol. The van der Waals surface area contributed by atoms with E-state index in [1.807, 2.05) is 0 Å². The van der Waals surface area contributed by atoms with E-state index in [1.54, 1.807) is 0 Å². The van der Waals surface area contributed by atoms with Gasteiger partial charge in [0.1, 0.15) is 0 Å². The molecule has 0 saturated heterocycles. The second kappa shape index (κ2) is 8.32. The Balaban J connectivity index is 2.92. The third-order valence-corrected chi connectivity index (χ3v) is 1.01. The Labute approximate surface area is 74.9 Å². The molecule has 4 N–H and O–H groups in total. The van der Waals surface area contributed by atoms with Crippen LogP contribution in [0.3, 0.4) is 0 Å². The third kappa shape index (κ3) is 11.7. The largest absolute Gasteiger partial charge is 0.368 e. The van der Waals surface area contributed by atoms with Crippen molar-refractivity contribution in [2.75, 3.05) is 13.2 Å². The zero-order valence-electron chi connectivity index (χ0n) is 7.00. The van der Waals surface area contributed by atoms with Crippen LogP contribution >= 0.6 is 0 Å². The van der Waals surface area contributed by atoms with Gasteiger partial charge in [0.2, 0.25) is 0 Å². The molecule has 13 heavy (non-hydrogen) atoms. The maximum atomic E-state index is 8.34. The Hall–Kier alpha value is -0.280. The van der Waals surface area contributed by atoms with Gasteiger partial charge >= 0.3 is 0 Å². The van der Waals surface area contributed by atoms with Crippen LogP contribution in [0.2, 0.25) is 0 Å². The number of hydrogen-bond acceptors (Lipinski definition) is 7. The van der Waals surface area contributed by atoms with Crippen LogP contribution in [0.4, 0.5) is 0 Å². The Morgan fingerprint density at radius 3 is 1.46 bits per heavy atom. The van der Waals surface area contributed by atoms with E-state index in [-0.39, 0.29) is 26.1 Å². The average Bonchev–Trinajstić information content (AvgIpc) is 2.01. The van der Waals surface area contributed by atoms with Gasteiger partial charge in [-0.2, -0.15) is 0 Å². The van der Waals surface area contributed by atoms with E-state index in [4.69, 9.17) is 20.4 Å². The molecule has 7 heteroatoms. The van der Waals surface area contributed by atoms with Crippen molar-refractivity contribution in [1.29, 1.82) is 0 Å². The van der Waals surface area contributed by atoms with Crippen molar-refractivity contribution in [3.05, 3.63) is 0 Å². The highest BCUT2D eigenvalue weighted by Crippen LogP contribution is 1.92. The van der Waals surface area contributed by atoms with Gasteiger partial charge in [0, 0.05) is 12.8 Å². The summed E-state index contributed by atoms with van der Waals surface area (Å²) >= 11 is 0. The fraction of sp³-hybridized carbons (Fsp3) is 1.00. The van der Waals surface area contributed by atoms with Crippen molar-refractivity contribution in [1.82, 2.24) is 0 Å². The molecule has 0 rings (SSSR count). The van der Waals surface area contributed by atoms with E-state index in [9.17, 15) is 0 Å². The maximum absolute atomic E-state index is 8.34. The minimum atomic E-state index is -1.44. The van der Waals surface area contributed by atoms with E-state index in [0.717, 1.165) is 0 Å². The Morgan fingerprint density at radius 2 is 1.15 bits per heavy atom. The lowest BCUT2D eigenvalue weighted by Crippen LogP contribution is -2.11. The van der Waals surface area contributed by atoms with Gasteiger partial charge in [-0.3, -0.25) is 0 Å². The molecule has 0 aromatic rings. The van der Waals surface area contributed by atoms with Crippen molar-refractivity contribution in [3.8, 4) is 0 Å². The van der Waals surface area contributed by atoms with Crippen LogP contribution in [0.25, 0.3) is 0 Å². The second-order valence-electron chi connectivity index (χ2n) is 2.25. The number of rotatable bonds is 8. The first-order chi connectivity index (χ1) is 6.13. The third-order valence-electron chi connectivity index (χ3n) is 1.01. The van der Waals surface area contributed by atoms with Crippen LogP contribution in [0.15, 0.2) is 0 Å². The first-order valence-corrected chi connectivity index (χ1v) is 3.76.